The molecule has 2 heterocycles. The van der Waals surface area contributed by atoms with Crippen LogP contribution in [0, 0.1) is 5.82 Å². The number of aliphatic hydroxyl groups is 1. The van der Waals surface area contributed by atoms with Crippen LogP contribution >= 0.6 is 0 Å². The SMILES string of the molecule is CC1CN(c2cc3c(cc2F)C(O)C(=O)N3)CCN1C. The normalized spacial score (nSPS) is 26.6. The van der Waals surface area contributed by atoms with E-state index in [1.165, 1.54) is 6.07 Å². The highest BCUT2D eigenvalue weighted by Gasteiger charge is 2.31. The molecule has 1 amide bonds. The van der Waals surface area contributed by atoms with E-state index in [0.717, 1.165) is 19.6 Å². The standard InChI is InChI=1S/C14H18FN3O2/c1-8-7-18(4-3-17(8)2)12-6-11-9(5-10(12)15)13(19)14(20)16-11/h5-6,8,13,19H,3-4,7H2,1-2H3,(H,16,20). The zero-order chi connectivity index (χ0) is 14.4. The highest BCUT2D eigenvalue weighted by molar-refractivity contribution is 6.02. The molecule has 0 radical (unpaired) electrons. The molecule has 0 spiro atoms. The van der Waals surface area contributed by atoms with Gasteiger partial charge in [-0.25, -0.2) is 4.39 Å². The molecular formula is C14H18FN3O2. The van der Waals surface area contributed by atoms with E-state index in [1.54, 1.807) is 6.07 Å². The predicted octanol–water partition coefficient (Wildman–Crippen LogP) is 0.952. The summed E-state index contributed by atoms with van der Waals surface area (Å²) in [5.74, 6) is -0.889. The smallest absolute Gasteiger partial charge is 0.257 e. The zero-order valence-corrected chi connectivity index (χ0v) is 11.6. The second kappa shape index (κ2) is 4.71. The Bertz CT molecular complexity index is 564. The quantitative estimate of drug-likeness (QED) is 0.804. The first-order chi connectivity index (χ1) is 9.47. The number of benzene rings is 1. The number of hydrogen-bond donors (Lipinski definition) is 2. The average molecular weight is 279 g/mol. The molecule has 5 nitrogen and oxygen atoms in total. The molecule has 3 rings (SSSR count). The van der Waals surface area contributed by atoms with Crippen LogP contribution in [0.4, 0.5) is 15.8 Å². The van der Waals surface area contributed by atoms with E-state index in [0.29, 0.717) is 23.0 Å². The minimum Gasteiger partial charge on any atom is -0.378 e. The fourth-order valence-corrected chi connectivity index (χ4v) is 2.76. The van der Waals surface area contributed by atoms with Gasteiger partial charge in [-0.3, -0.25) is 4.79 Å². The molecule has 2 N–H and O–H groups in total. The molecular weight excluding hydrogens is 261 g/mol. The van der Waals surface area contributed by atoms with E-state index >= 15 is 0 Å². The van der Waals surface area contributed by atoms with Gasteiger partial charge in [-0.05, 0) is 26.1 Å². The molecule has 0 aliphatic carbocycles. The largest absolute Gasteiger partial charge is 0.378 e. The Morgan fingerprint density at radius 3 is 2.85 bits per heavy atom. The molecule has 0 bridgehead atoms. The van der Waals surface area contributed by atoms with Gasteiger partial charge in [0.2, 0.25) is 0 Å². The van der Waals surface area contributed by atoms with Crippen molar-refractivity contribution < 1.29 is 14.3 Å². The molecule has 1 fully saturated rings. The number of fused-ring (bicyclic) bond motifs is 1. The zero-order valence-electron chi connectivity index (χ0n) is 11.6. The van der Waals surface area contributed by atoms with Crippen LogP contribution in [0.15, 0.2) is 12.1 Å². The maximum absolute atomic E-state index is 14.2. The number of hydrogen-bond acceptors (Lipinski definition) is 4. The molecule has 0 aromatic heterocycles. The monoisotopic (exact) mass is 279 g/mol. The Labute approximate surface area is 117 Å². The van der Waals surface area contributed by atoms with Crippen LogP contribution in [0.25, 0.3) is 0 Å². The third-order valence-corrected chi connectivity index (χ3v) is 4.22. The summed E-state index contributed by atoms with van der Waals surface area (Å²) in [5.41, 5.74) is 1.31. The van der Waals surface area contributed by atoms with E-state index in [9.17, 15) is 14.3 Å². The summed E-state index contributed by atoms with van der Waals surface area (Å²) in [4.78, 5) is 15.6. The summed E-state index contributed by atoms with van der Waals surface area (Å²) in [7, 11) is 2.05. The van der Waals surface area contributed by atoms with Gasteiger partial charge in [-0.1, -0.05) is 0 Å². The number of rotatable bonds is 1. The number of halogens is 1. The van der Waals surface area contributed by atoms with Gasteiger partial charge in [0.05, 0.1) is 5.69 Å². The van der Waals surface area contributed by atoms with Gasteiger partial charge in [-0.2, -0.15) is 0 Å². The lowest BCUT2D eigenvalue weighted by atomic mass is 10.1. The number of piperazine rings is 1. The minimum atomic E-state index is -1.26. The van der Waals surface area contributed by atoms with Crippen molar-refractivity contribution in [2.45, 2.75) is 19.1 Å². The summed E-state index contributed by atoms with van der Waals surface area (Å²) in [5, 5.41) is 12.2. The van der Waals surface area contributed by atoms with Crippen LogP contribution < -0.4 is 10.2 Å². The topological polar surface area (TPSA) is 55.8 Å². The molecule has 108 valence electrons. The van der Waals surface area contributed by atoms with Crippen LogP contribution in [-0.4, -0.2) is 48.6 Å². The molecule has 6 heteroatoms. The number of amides is 1. The van der Waals surface area contributed by atoms with Crippen LogP contribution in [0.5, 0.6) is 0 Å². The van der Waals surface area contributed by atoms with Crippen LogP contribution in [0.1, 0.15) is 18.6 Å². The summed E-state index contributed by atoms with van der Waals surface area (Å²) < 4.78 is 14.2. The van der Waals surface area contributed by atoms with Crippen LogP contribution in [-0.2, 0) is 4.79 Å². The van der Waals surface area contributed by atoms with Gasteiger partial charge in [0.15, 0.2) is 6.10 Å². The Hall–Kier alpha value is -1.66. The van der Waals surface area contributed by atoms with E-state index in [1.807, 2.05) is 4.90 Å². The maximum Gasteiger partial charge on any atom is 0.257 e. The third kappa shape index (κ3) is 2.05. The fraction of sp³-hybridized carbons (Fsp3) is 0.500. The first kappa shape index (κ1) is 13.3. The number of aliphatic hydroxyl groups excluding tert-OH is 1. The Kier molecular flexibility index (Phi) is 3.14. The van der Waals surface area contributed by atoms with E-state index in [2.05, 4.69) is 24.2 Å². The first-order valence-electron chi connectivity index (χ1n) is 6.75. The van der Waals surface area contributed by atoms with Crippen molar-refractivity contribution in [1.29, 1.82) is 0 Å². The lowest BCUT2D eigenvalue weighted by molar-refractivity contribution is -0.123. The second-order valence-corrected chi connectivity index (χ2v) is 5.56. The van der Waals surface area contributed by atoms with Gasteiger partial charge in [0, 0.05) is 36.9 Å². The Morgan fingerprint density at radius 2 is 2.15 bits per heavy atom. The minimum absolute atomic E-state index is 0.318. The summed E-state index contributed by atoms with van der Waals surface area (Å²) in [6.07, 6.45) is -1.26. The van der Waals surface area contributed by atoms with Crippen molar-refractivity contribution in [3.8, 4) is 0 Å². The van der Waals surface area contributed by atoms with Crippen molar-refractivity contribution in [3.05, 3.63) is 23.5 Å². The van der Waals surface area contributed by atoms with Gasteiger partial charge >= 0.3 is 0 Å². The fourth-order valence-electron chi connectivity index (χ4n) is 2.76. The van der Waals surface area contributed by atoms with E-state index < -0.39 is 17.8 Å². The van der Waals surface area contributed by atoms with Crippen molar-refractivity contribution >= 4 is 17.3 Å². The molecule has 0 saturated carbocycles. The number of nitrogens with one attached hydrogen (secondary N) is 1. The third-order valence-electron chi connectivity index (χ3n) is 4.22. The highest BCUT2D eigenvalue weighted by Crippen LogP contribution is 2.36. The number of carbonyl (C=O) groups is 1. The molecule has 1 aromatic rings. The van der Waals surface area contributed by atoms with E-state index in [-0.39, 0.29) is 0 Å². The van der Waals surface area contributed by atoms with Crippen molar-refractivity contribution in [3.63, 3.8) is 0 Å². The van der Waals surface area contributed by atoms with Crippen LogP contribution in [0.3, 0.4) is 0 Å². The van der Waals surface area contributed by atoms with Crippen molar-refractivity contribution in [2.75, 3.05) is 36.9 Å². The molecule has 2 aliphatic heterocycles. The number of carbonyl (C=O) groups excluding carboxylic acids is 1. The van der Waals surface area contributed by atoms with Gasteiger partial charge in [0.1, 0.15) is 5.82 Å². The van der Waals surface area contributed by atoms with Gasteiger partial charge < -0.3 is 20.2 Å². The molecule has 1 aromatic carbocycles. The van der Waals surface area contributed by atoms with Gasteiger partial charge in [-0.15, -0.1) is 0 Å². The molecule has 2 aliphatic rings. The van der Waals surface area contributed by atoms with Crippen molar-refractivity contribution in [2.24, 2.45) is 0 Å². The second-order valence-electron chi connectivity index (χ2n) is 5.56. The Morgan fingerprint density at radius 1 is 1.40 bits per heavy atom. The lowest BCUT2D eigenvalue weighted by Crippen LogP contribution is -2.50. The average Bonchev–Trinajstić information content (AvgIpc) is 2.68. The molecule has 20 heavy (non-hydrogen) atoms. The van der Waals surface area contributed by atoms with Crippen molar-refractivity contribution in [1.82, 2.24) is 4.90 Å². The number of nitrogens with zero attached hydrogens (tertiary/aromatic N) is 2. The number of anilines is 2. The Balaban J connectivity index is 1.92. The molecule has 2 unspecified atom stereocenters. The summed E-state index contributed by atoms with van der Waals surface area (Å²) >= 11 is 0. The highest BCUT2D eigenvalue weighted by atomic mass is 19.1. The first-order valence-corrected chi connectivity index (χ1v) is 6.75. The van der Waals surface area contributed by atoms with E-state index in [4.69, 9.17) is 0 Å². The summed E-state index contributed by atoms with van der Waals surface area (Å²) in [6.45, 7) is 4.45. The van der Waals surface area contributed by atoms with Crippen LogP contribution in [0.2, 0.25) is 0 Å². The summed E-state index contributed by atoms with van der Waals surface area (Å²) in [6, 6.07) is 3.23. The lowest BCUT2D eigenvalue weighted by Gasteiger charge is -2.39. The van der Waals surface area contributed by atoms with Gasteiger partial charge in [0.25, 0.3) is 5.91 Å². The predicted molar refractivity (Wildman–Crippen MR) is 74.3 cm³/mol. The number of likely N-dealkylation sites (N-methyl/N-ethyl adjacent to an activating group) is 1. The molecule has 2 atom stereocenters. The maximum atomic E-state index is 14.2. The molecule has 1 saturated heterocycles.